The average Bonchev–Trinajstić information content (AvgIpc) is 2.42. The van der Waals surface area contributed by atoms with Gasteiger partial charge in [0.1, 0.15) is 6.04 Å². The van der Waals surface area contributed by atoms with Crippen molar-refractivity contribution >= 4 is 11.9 Å². The van der Waals surface area contributed by atoms with Gasteiger partial charge in [0.25, 0.3) is 5.91 Å². The van der Waals surface area contributed by atoms with Crippen LogP contribution in [0.15, 0.2) is 24.3 Å². The monoisotopic (exact) mass is 291 g/mol. The van der Waals surface area contributed by atoms with E-state index >= 15 is 0 Å². The van der Waals surface area contributed by atoms with Crippen LogP contribution < -0.4 is 5.32 Å². The maximum Gasteiger partial charge on any atom is 0.326 e. The zero-order chi connectivity index (χ0) is 15.6. The molecule has 0 fully saturated rings. The molecule has 2 atom stereocenters. The Kier molecular flexibility index (Phi) is 4.32. The predicted molar refractivity (Wildman–Crippen MR) is 77.9 cm³/mol. The standard InChI is InChI=1S/C16H21NO4/c1-16(2,3)13(15(19)20)17-14(18)12-11-7-5-4-6-10(11)8-9-21-12/h4-7,12-13H,8-9H2,1-3H3,(H,17,18)(H,19,20). The molecule has 2 rings (SSSR count). The minimum absolute atomic E-state index is 0.399. The number of fused-ring (bicyclic) bond motifs is 1. The maximum absolute atomic E-state index is 12.4. The molecule has 0 radical (unpaired) electrons. The van der Waals surface area contributed by atoms with Crippen molar-refractivity contribution in [2.24, 2.45) is 5.41 Å². The van der Waals surface area contributed by atoms with Gasteiger partial charge in [-0.2, -0.15) is 0 Å². The highest BCUT2D eigenvalue weighted by molar-refractivity contribution is 5.88. The van der Waals surface area contributed by atoms with Crippen molar-refractivity contribution in [2.45, 2.75) is 39.3 Å². The van der Waals surface area contributed by atoms with Gasteiger partial charge in [-0.15, -0.1) is 0 Å². The summed E-state index contributed by atoms with van der Waals surface area (Å²) in [6.07, 6.45) is 0.0286. The number of rotatable bonds is 3. The van der Waals surface area contributed by atoms with Crippen molar-refractivity contribution in [3.05, 3.63) is 35.4 Å². The van der Waals surface area contributed by atoms with Crippen molar-refractivity contribution in [1.82, 2.24) is 5.32 Å². The maximum atomic E-state index is 12.4. The van der Waals surface area contributed by atoms with Gasteiger partial charge < -0.3 is 15.2 Å². The Morgan fingerprint density at radius 1 is 1.33 bits per heavy atom. The van der Waals surface area contributed by atoms with Crippen LogP contribution in [-0.4, -0.2) is 29.6 Å². The van der Waals surface area contributed by atoms with Crippen molar-refractivity contribution in [3.63, 3.8) is 0 Å². The smallest absolute Gasteiger partial charge is 0.326 e. The second kappa shape index (κ2) is 5.85. The molecule has 0 aliphatic carbocycles. The molecule has 0 bridgehead atoms. The van der Waals surface area contributed by atoms with Gasteiger partial charge in [0.05, 0.1) is 6.61 Å². The number of carboxylic acids is 1. The zero-order valence-electron chi connectivity index (χ0n) is 12.6. The summed E-state index contributed by atoms with van der Waals surface area (Å²) >= 11 is 0. The van der Waals surface area contributed by atoms with E-state index in [2.05, 4.69) is 5.32 Å². The Hall–Kier alpha value is -1.88. The first kappa shape index (κ1) is 15.5. The summed E-state index contributed by atoms with van der Waals surface area (Å²) in [5, 5.41) is 11.9. The van der Waals surface area contributed by atoms with Crippen LogP contribution in [0.1, 0.15) is 38.0 Å². The predicted octanol–water partition coefficient (Wildman–Crippen LogP) is 1.92. The summed E-state index contributed by atoms with van der Waals surface area (Å²) in [4.78, 5) is 23.8. The van der Waals surface area contributed by atoms with Crippen LogP contribution in [0, 0.1) is 5.41 Å². The largest absolute Gasteiger partial charge is 0.480 e. The first-order valence-corrected chi connectivity index (χ1v) is 7.03. The molecule has 1 heterocycles. The number of carbonyl (C=O) groups excluding carboxylic acids is 1. The summed E-state index contributed by atoms with van der Waals surface area (Å²) < 4.78 is 5.55. The molecule has 5 heteroatoms. The SMILES string of the molecule is CC(C)(C)C(NC(=O)C1OCCc2ccccc21)C(=O)O. The zero-order valence-corrected chi connectivity index (χ0v) is 12.6. The Bertz CT molecular complexity index is 547. The van der Waals surface area contributed by atoms with Gasteiger partial charge in [0.2, 0.25) is 0 Å². The third kappa shape index (κ3) is 3.42. The number of carbonyl (C=O) groups is 2. The van der Waals surface area contributed by atoms with Crippen molar-refractivity contribution in [2.75, 3.05) is 6.61 Å². The molecule has 1 aromatic rings. The van der Waals surface area contributed by atoms with Crippen LogP contribution in [-0.2, 0) is 20.7 Å². The quantitative estimate of drug-likeness (QED) is 0.892. The van der Waals surface area contributed by atoms with E-state index < -0.39 is 29.4 Å². The van der Waals surface area contributed by atoms with Crippen molar-refractivity contribution in [1.29, 1.82) is 0 Å². The Balaban J connectivity index is 2.20. The molecule has 21 heavy (non-hydrogen) atoms. The van der Waals surface area contributed by atoms with Gasteiger partial charge in [-0.3, -0.25) is 4.79 Å². The van der Waals surface area contributed by atoms with E-state index in [-0.39, 0.29) is 0 Å². The molecule has 114 valence electrons. The molecule has 1 aromatic carbocycles. The number of ether oxygens (including phenoxy) is 1. The molecule has 0 saturated heterocycles. The van der Waals surface area contributed by atoms with E-state index in [1.807, 2.05) is 24.3 Å². The fourth-order valence-electron chi connectivity index (χ4n) is 2.48. The molecule has 2 unspecified atom stereocenters. The second-order valence-electron chi connectivity index (χ2n) is 6.35. The fourth-order valence-corrected chi connectivity index (χ4v) is 2.48. The number of hydrogen-bond acceptors (Lipinski definition) is 3. The second-order valence-corrected chi connectivity index (χ2v) is 6.35. The number of nitrogens with one attached hydrogen (secondary N) is 1. The van der Waals surface area contributed by atoms with E-state index in [0.29, 0.717) is 6.61 Å². The Morgan fingerprint density at radius 3 is 2.62 bits per heavy atom. The molecular weight excluding hydrogens is 270 g/mol. The van der Waals surface area contributed by atoms with Crippen LogP contribution in [0.5, 0.6) is 0 Å². The van der Waals surface area contributed by atoms with Gasteiger partial charge in [-0.25, -0.2) is 4.79 Å². The average molecular weight is 291 g/mol. The number of aliphatic carboxylic acids is 1. The molecule has 0 saturated carbocycles. The fraction of sp³-hybridized carbons (Fsp3) is 0.500. The van der Waals surface area contributed by atoms with Crippen LogP contribution in [0.3, 0.4) is 0 Å². The molecule has 1 aliphatic rings. The molecule has 0 spiro atoms. The first-order chi connectivity index (χ1) is 9.80. The summed E-state index contributed by atoms with van der Waals surface area (Å²) in [6, 6.07) is 6.64. The molecule has 0 aromatic heterocycles. The molecular formula is C16H21NO4. The lowest BCUT2D eigenvalue weighted by Gasteiger charge is -2.31. The minimum atomic E-state index is -1.04. The highest BCUT2D eigenvalue weighted by Crippen LogP contribution is 2.28. The Morgan fingerprint density at radius 2 is 2.00 bits per heavy atom. The molecule has 1 aliphatic heterocycles. The van der Waals surface area contributed by atoms with Gasteiger partial charge in [0.15, 0.2) is 6.10 Å². The van der Waals surface area contributed by atoms with E-state index in [1.54, 1.807) is 20.8 Å². The number of hydrogen-bond donors (Lipinski definition) is 2. The van der Waals surface area contributed by atoms with E-state index in [0.717, 1.165) is 17.5 Å². The van der Waals surface area contributed by atoms with Crippen LogP contribution in [0.4, 0.5) is 0 Å². The number of carboxylic acid groups (broad SMARTS) is 1. The van der Waals surface area contributed by atoms with Gasteiger partial charge in [0, 0.05) is 0 Å². The van der Waals surface area contributed by atoms with Crippen LogP contribution in [0.2, 0.25) is 0 Å². The molecule has 5 nitrogen and oxygen atoms in total. The van der Waals surface area contributed by atoms with Crippen molar-refractivity contribution < 1.29 is 19.4 Å². The molecule has 2 N–H and O–H groups in total. The first-order valence-electron chi connectivity index (χ1n) is 7.03. The Labute approximate surface area is 124 Å². The number of benzene rings is 1. The summed E-state index contributed by atoms with van der Waals surface area (Å²) in [6.45, 7) is 5.80. The summed E-state index contributed by atoms with van der Waals surface area (Å²) in [5.41, 5.74) is 1.32. The topological polar surface area (TPSA) is 75.6 Å². The lowest BCUT2D eigenvalue weighted by molar-refractivity contribution is -0.148. The van der Waals surface area contributed by atoms with Gasteiger partial charge in [-0.1, -0.05) is 45.0 Å². The van der Waals surface area contributed by atoms with Gasteiger partial charge in [-0.05, 0) is 23.0 Å². The van der Waals surface area contributed by atoms with Gasteiger partial charge >= 0.3 is 5.97 Å². The third-order valence-electron chi connectivity index (χ3n) is 3.63. The number of amides is 1. The summed E-state index contributed by atoms with van der Waals surface area (Å²) in [7, 11) is 0. The van der Waals surface area contributed by atoms with E-state index in [1.165, 1.54) is 0 Å². The van der Waals surface area contributed by atoms with E-state index in [4.69, 9.17) is 4.74 Å². The van der Waals surface area contributed by atoms with Crippen LogP contribution >= 0.6 is 0 Å². The normalized spacial score (nSPS) is 19.5. The highest BCUT2D eigenvalue weighted by atomic mass is 16.5. The lowest BCUT2D eigenvalue weighted by Crippen LogP contribution is -2.51. The molecule has 1 amide bonds. The minimum Gasteiger partial charge on any atom is -0.480 e. The van der Waals surface area contributed by atoms with Crippen LogP contribution in [0.25, 0.3) is 0 Å². The van der Waals surface area contributed by atoms with Crippen molar-refractivity contribution in [3.8, 4) is 0 Å². The summed E-state index contributed by atoms with van der Waals surface area (Å²) in [5.74, 6) is -1.44. The third-order valence-corrected chi connectivity index (χ3v) is 3.63. The van der Waals surface area contributed by atoms with E-state index in [9.17, 15) is 14.7 Å². The lowest BCUT2D eigenvalue weighted by atomic mass is 9.86. The highest BCUT2D eigenvalue weighted by Gasteiger charge is 2.36.